The molecule has 0 radical (unpaired) electrons. The van der Waals surface area contributed by atoms with Crippen LogP contribution in [0, 0.1) is 5.92 Å². The van der Waals surface area contributed by atoms with Crippen LogP contribution >= 0.6 is 7.82 Å². The standard InChI is InChI=1S/C17H32NO8P/c1-7-22-15(19)13-12-18(16(20)25-17(4,5)6)11-10-14(13)26-27(21,23-8-2)24-9-3/h13-14H,7-12H2,1-6H3. The first kappa shape index (κ1) is 23.9. The van der Waals surface area contributed by atoms with Gasteiger partial charge in [0.05, 0.1) is 25.9 Å². The van der Waals surface area contributed by atoms with Crippen molar-refractivity contribution < 1.29 is 37.2 Å². The van der Waals surface area contributed by atoms with Crippen LogP contribution in [0.1, 0.15) is 48.0 Å². The fraction of sp³-hybridized carbons (Fsp3) is 0.882. The van der Waals surface area contributed by atoms with Crippen LogP contribution < -0.4 is 0 Å². The van der Waals surface area contributed by atoms with Gasteiger partial charge in [0.15, 0.2) is 0 Å². The van der Waals surface area contributed by atoms with Crippen molar-refractivity contribution >= 4 is 19.9 Å². The van der Waals surface area contributed by atoms with Crippen molar-refractivity contribution in [3.8, 4) is 0 Å². The van der Waals surface area contributed by atoms with E-state index in [1.54, 1.807) is 41.5 Å². The van der Waals surface area contributed by atoms with Crippen LogP contribution in [0.5, 0.6) is 0 Å². The molecule has 0 aromatic rings. The molecule has 0 bridgehead atoms. The molecule has 1 amide bonds. The molecule has 0 aliphatic carbocycles. The summed E-state index contributed by atoms with van der Waals surface area (Å²) in [6, 6.07) is 0. The SMILES string of the molecule is CCOC(=O)C1CN(C(=O)OC(C)(C)C)CCC1OP(=O)(OCC)OCC. The molecule has 2 unspecified atom stereocenters. The van der Waals surface area contributed by atoms with Crippen LogP contribution in [0.4, 0.5) is 4.79 Å². The van der Waals surface area contributed by atoms with Gasteiger partial charge in [-0.05, 0) is 48.0 Å². The molecule has 1 heterocycles. The molecule has 10 heteroatoms. The predicted octanol–water partition coefficient (Wildman–Crippen LogP) is 3.37. The highest BCUT2D eigenvalue weighted by Crippen LogP contribution is 2.52. The first-order valence-corrected chi connectivity index (χ1v) is 10.7. The van der Waals surface area contributed by atoms with Crippen molar-refractivity contribution in [1.29, 1.82) is 0 Å². The Hall–Kier alpha value is -1.15. The highest BCUT2D eigenvalue weighted by atomic mass is 31.2. The summed E-state index contributed by atoms with van der Waals surface area (Å²) >= 11 is 0. The number of nitrogens with zero attached hydrogens (tertiary/aromatic N) is 1. The number of rotatable bonds is 8. The molecule has 1 rings (SSSR count). The van der Waals surface area contributed by atoms with Crippen LogP contribution in [0.25, 0.3) is 0 Å². The molecule has 0 saturated carbocycles. The highest BCUT2D eigenvalue weighted by molar-refractivity contribution is 7.48. The molecule has 158 valence electrons. The van der Waals surface area contributed by atoms with Gasteiger partial charge in [-0.2, -0.15) is 0 Å². The average molecular weight is 409 g/mol. The second-order valence-electron chi connectivity index (χ2n) is 7.00. The summed E-state index contributed by atoms with van der Waals surface area (Å²) in [7, 11) is -3.80. The van der Waals surface area contributed by atoms with Gasteiger partial charge in [-0.25, -0.2) is 9.36 Å². The van der Waals surface area contributed by atoms with E-state index in [0.29, 0.717) is 0 Å². The second-order valence-corrected chi connectivity index (χ2v) is 8.62. The first-order valence-electron chi connectivity index (χ1n) is 9.27. The van der Waals surface area contributed by atoms with Crippen molar-refractivity contribution in [2.45, 2.75) is 59.7 Å². The van der Waals surface area contributed by atoms with Crippen molar-refractivity contribution in [3.63, 3.8) is 0 Å². The molecule has 1 fully saturated rings. The molecule has 27 heavy (non-hydrogen) atoms. The summed E-state index contributed by atoms with van der Waals surface area (Å²) in [5.74, 6) is -1.35. The van der Waals surface area contributed by atoms with Crippen LogP contribution in [0.3, 0.4) is 0 Å². The zero-order valence-electron chi connectivity index (χ0n) is 17.1. The average Bonchev–Trinajstić information content (AvgIpc) is 2.54. The number of hydrogen-bond acceptors (Lipinski definition) is 8. The van der Waals surface area contributed by atoms with E-state index in [1.165, 1.54) is 4.90 Å². The molecule has 0 aromatic heterocycles. The minimum atomic E-state index is -3.80. The van der Waals surface area contributed by atoms with Crippen molar-refractivity contribution in [1.82, 2.24) is 4.90 Å². The van der Waals surface area contributed by atoms with Crippen LogP contribution in [0.15, 0.2) is 0 Å². The molecular formula is C17H32NO8P. The summed E-state index contributed by atoms with van der Waals surface area (Å²) in [4.78, 5) is 26.2. The van der Waals surface area contributed by atoms with Gasteiger partial charge in [-0.15, -0.1) is 0 Å². The lowest BCUT2D eigenvalue weighted by Crippen LogP contribution is -2.51. The maximum absolute atomic E-state index is 12.7. The van der Waals surface area contributed by atoms with Gasteiger partial charge in [-0.1, -0.05) is 0 Å². The lowest BCUT2D eigenvalue weighted by atomic mass is 9.95. The minimum Gasteiger partial charge on any atom is -0.466 e. The molecule has 9 nitrogen and oxygen atoms in total. The number of carbonyl (C=O) groups excluding carboxylic acids is 2. The first-order chi connectivity index (χ1) is 12.5. The second kappa shape index (κ2) is 10.4. The number of phosphoric acid groups is 1. The van der Waals surface area contributed by atoms with E-state index in [9.17, 15) is 14.2 Å². The molecule has 1 aliphatic heterocycles. The summed E-state index contributed by atoms with van der Waals surface area (Å²) in [6.07, 6.45) is -1.01. The summed E-state index contributed by atoms with van der Waals surface area (Å²) in [6.45, 7) is 11.1. The van der Waals surface area contributed by atoms with E-state index in [1.807, 2.05) is 0 Å². The smallest absolute Gasteiger partial charge is 0.466 e. The monoisotopic (exact) mass is 409 g/mol. The summed E-state index contributed by atoms with van der Waals surface area (Å²) in [5, 5.41) is 0. The maximum Gasteiger partial charge on any atom is 0.475 e. The Kier molecular flexibility index (Phi) is 9.21. The molecule has 0 aromatic carbocycles. The van der Waals surface area contributed by atoms with E-state index in [0.717, 1.165) is 0 Å². The number of ether oxygens (including phenoxy) is 2. The van der Waals surface area contributed by atoms with Gasteiger partial charge < -0.3 is 14.4 Å². The largest absolute Gasteiger partial charge is 0.475 e. The summed E-state index contributed by atoms with van der Waals surface area (Å²) in [5.41, 5.74) is -0.649. The minimum absolute atomic E-state index is 0.0384. The quantitative estimate of drug-likeness (QED) is 0.444. The molecule has 2 atom stereocenters. The van der Waals surface area contributed by atoms with Crippen molar-refractivity contribution in [2.24, 2.45) is 5.92 Å². The Balaban J connectivity index is 2.94. The van der Waals surface area contributed by atoms with Gasteiger partial charge in [0.1, 0.15) is 11.5 Å². The molecule has 1 aliphatic rings. The lowest BCUT2D eigenvalue weighted by Gasteiger charge is -2.38. The maximum atomic E-state index is 12.7. The Labute approximate surface area is 161 Å². The number of amides is 1. The van der Waals surface area contributed by atoms with Gasteiger partial charge in [0.25, 0.3) is 0 Å². The topological polar surface area (TPSA) is 101 Å². The number of esters is 1. The van der Waals surface area contributed by atoms with Gasteiger partial charge in [0.2, 0.25) is 0 Å². The fourth-order valence-electron chi connectivity index (χ4n) is 2.60. The number of likely N-dealkylation sites (tertiary alicyclic amines) is 1. The van der Waals surface area contributed by atoms with E-state index in [4.69, 9.17) is 23.0 Å². The zero-order valence-corrected chi connectivity index (χ0v) is 18.0. The van der Waals surface area contributed by atoms with Crippen LogP contribution in [-0.4, -0.2) is 61.6 Å². The Morgan fingerprint density at radius 3 is 2.15 bits per heavy atom. The third-order valence-corrected chi connectivity index (χ3v) is 5.31. The summed E-state index contributed by atoms with van der Waals surface area (Å²) < 4.78 is 39.1. The normalized spacial score (nSPS) is 21.0. The molecule has 0 N–H and O–H groups in total. The van der Waals surface area contributed by atoms with E-state index in [2.05, 4.69) is 0 Å². The van der Waals surface area contributed by atoms with E-state index >= 15 is 0 Å². The third-order valence-electron chi connectivity index (χ3n) is 3.63. The predicted molar refractivity (Wildman–Crippen MR) is 98.3 cm³/mol. The number of carbonyl (C=O) groups is 2. The van der Waals surface area contributed by atoms with Gasteiger partial charge in [-0.3, -0.25) is 18.4 Å². The molecule has 1 saturated heterocycles. The van der Waals surface area contributed by atoms with Gasteiger partial charge >= 0.3 is 19.9 Å². The Morgan fingerprint density at radius 2 is 1.67 bits per heavy atom. The van der Waals surface area contributed by atoms with Crippen LogP contribution in [0.2, 0.25) is 0 Å². The van der Waals surface area contributed by atoms with Crippen molar-refractivity contribution in [2.75, 3.05) is 32.9 Å². The Bertz CT molecular complexity index is 538. The number of phosphoric ester groups is 1. The highest BCUT2D eigenvalue weighted by Gasteiger charge is 2.43. The third kappa shape index (κ3) is 7.78. The number of hydrogen-bond donors (Lipinski definition) is 0. The van der Waals surface area contributed by atoms with Crippen LogP contribution in [-0.2, 0) is 32.4 Å². The number of piperidine rings is 1. The molecule has 0 spiro atoms. The lowest BCUT2D eigenvalue weighted by molar-refractivity contribution is -0.154. The van der Waals surface area contributed by atoms with E-state index in [-0.39, 0.29) is 39.3 Å². The fourth-order valence-corrected chi connectivity index (χ4v) is 4.02. The molecular weight excluding hydrogens is 377 g/mol. The van der Waals surface area contributed by atoms with E-state index < -0.39 is 37.5 Å². The Morgan fingerprint density at radius 1 is 1.07 bits per heavy atom. The van der Waals surface area contributed by atoms with Crippen molar-refractivity contribution in [3.05, 3.63) is 0 Å². The zero-order chi connectivity index (χ0) is 20.7. The van der Waals surface area contributed by atoms with Gasteiger partial charge in [0, 0.05) is 13.1 Å².